The molecular formula is C19H23F5N2O. The molecule has 0 saturated carbocycles. The third-order valence-corrected chi connectivity index (χ3v) is 5.65. The monoisotopic (exact) mass is 390 g/mol. The van der Waals surface area contributed by atoms with Gasteiger partial charge in [0.1, 0.15) is 6.42 Å². The standard InChI is InChI=1S/C19H23F5N2O/c20-16-3-1-2-15(18(16)21)11-25-7-4-13(5-8-25)14-6-9-26(12-14)17(27)10-19(22,23)24/h1-3,13-14H,4-12H2. The molecular weight excluding hydrogens is 367 g/mol. The summed E-state index contributed by atoms with van der Waals surface area (Å²) in [6.45, 7) is 2.57. The highest BCUT2D eigenvalue weighted by atomic mass is 19.4. The van der Waals surface area contributed by atoms with Crippen LogP contribution in [0.1, 0.15) is 31.2 Å². The molecule has 1 aromatic carbocycles. The van der Waals surface area contributed by atoms with Crippen molar-refractivity contribution in [2.45, 2.75) is 38.4 Å². The summed E-state index contributed by atoms with van der Waals surface area (Å²) in [5.74, 6) is -1.94. The minimum Gasteiger partial charge on any atom is -0.342 e. The Hall–Kier alpha value is -1.70. The van der Waals surface area contributed by atoms with E-state index in [2.05, 4.69) is 4.90 Å². The fourth-order valence-electron chi connectivity index (χ4n) is 4.18. The second-order valence-corrected chi connectivity index (χ2v) is 7.51. The maximum absolute atomic E-state index is 13.8. The van der Waals surface area contributed by atoms with Gasteiger partial charge in [-0.05, 0) is 50.3 Å². The van der Waals surface area contributed by atoms with Crippen LogP contribution in [-0.2, 0) is 11.3 Å². The van der Waals surface area contributed by atoms with Crippen LogP contribution in [0, 0.1) is 23.5 Å². The summed E-state index contributed by atoms with van der Waals surface area (Å²) < 4.78 is 64.3. The molecule has 0 spiro atoms. The van der Waals surface area contributed by atoms with Crippen LogP contribution in [0.5, 0.6) is 0 Å². The highest BCUT2D eigenvalue weighted by Crippen LogP contribution is 2.33. The molecule has 2 aliphatic rings. The van der Waals surface area contributed by atoms with E-state index in [9.17, 15) is 26.7 Å². The van der Waals surface area contributed by atoms with Gasteiger partial charge in [0.05, 0.1) is 0 Å². The van der Waals surface area contributed by atoms with E-state index in [1.165, 1.54) is 11.0 Å². The van der Waals surface area contributed by atoms with Crippen LogP contribution in [0.15, 0.2) is 18.2 Å². The van der Waals surface area contributed by atoms with Crippen molar-refractivity contribution in [2.24, 2.45) is 11.8 Å². The summed E-state index contributed by atoms with van der Waals surface area (Å²) in [7, 11) is 0. The SMILES string of the molecule is O=C(CC(F)(F)F)N1CCC(C2CCN(Cc3cccc(F)c3F)CC2)C1. The van der Waals surface area contributed by atoms with Gasteiger partial charge in [0, 0.05) is 25.2 Å². The van der Waals surface area contributed by atoms with Crippen LogP contribution in [0.4, 0.5) is 22.0 Å². The summed E-state index contributed by atoms with van der Waals surface area (Å²) in [6.07, 6.45) is -3.43. The van der Waals surface area contributed by atoms with Gasteiger partial charge in [-0.15, -0.1) is 0 Å². The van der Waals surface area contributed by atoms with E-state index in [0.29, 0.717) is 31.1 Å². The zero-order valence-electron chi connectivity index (χ0n) is 14.9. The Balaban J connectivity index is 1.47. The van der Waals surface area contributed by atoms with Crippen molar-refractivity contribution in [3.8, 4) is 0 Å². The Kier molecular flexibility index (Phi) is 6.03. The number of benzene rings is 1. The van der Waals surface area contributed by atoms with E-state index < -0.39 is 30.1 Å². The fourth-order valence-corrected chi connectivity index (χ4v) is 4.18. The van der Waals surface area contributed by atoms with Crippen LogP contribution in [-0.4, -0.2) is 48.1 Å². The largest absolute Gasteiger partial charge is 0.397 e. The lowest BCUT2D eigenvalue weighted by molar-refractivity contribution is -0.160. The molecule has 2 aliphatic heterocycles. The molecule has 0 bridgehead atoms. The molecule has 2 saturated heterocycles. The first-order valence-corrected chi connectivity index (χ1v) is 9.22. The molecule has 0 N–H and O–H groups in total. The molecule has 3 rings (SSSR count). The van der Waals surface area contributed by atoms with E-state index in [1.807, 2.05) is 0 Å². The zero-order valence-corrected chi connectivity index (χ0v) is 14.9. The predicted molar refractivity (Wildman–Crippen MR) is 89.7 cm³/mol. The highest BCUT2D eigenvalue weighted by molar-refractivity contribution is 5.77. The van der Waals surface area contributed by atoms with Crippen molar-refractivity contribution in [1.29, 1.82) is 0 Å². The number of piperidine rings is 1. The Morgan fingerprint density at radius 3 is 2.37 bits per heavy atom. The maximum Gasteiger partial charge on any atom is 0.397 e. The summed E-state index contributed by atoms with van der Waals surface area (Å²) in [5, 5.41) is 0. The number of nitrogens with zero attached hydrogens (tertiary/aromatic N) is 2. The van der Waals surface area contributed by atoms with Gasteiger partial charge in [-0.1, -0.05) is 12.1 Å². The van der Waals surface area contributed by atoms with Gasteiger partial charge >= 0.3 is 6.18 Å². The van der Waals surface area contributed by atoms with Gasteiger partial charge in [0.15, 0.2) is 11.6 Å². The Labute approximate surface area is 155 Å². The molecule has 2 fully saturated rings. The number of amides is 1. The fraction of sp³-hybridized carbons (Fsp3) is 0.632. The molecule has 8 heteroatoms. The van der Waals surface area contributed by atoms with Crippen molar-refractivity contribution >= 4 is 5.91 Å². The van der Waals surface area contributed by atoms with Crippen molar-refractivity contribution < 1.29 is 26.7 Å². The van der Waals surface area contributed by atoms with Crippen LogP contribution >= 0.6 is 0 Å². The molecule has 27 heavy (non-hydrogen) atoms. The average molecular weight is 390 g/mol. The minimum atomic E-state index is -4.47. The first-order chi connectivity index (χ1) is 12.7. The highest BCUT2D eigenvalue weighted by Gasteiger charge is 2.38. The third-order valence-electron chi connectivity index (χ3n) is 5.65. The van der Waals surface area contributed by atoms with Crippen LogP contribution in [0.25, 0.3) is 0 Å². The van der Waals surface area contributed by atoms with E-state index in [4.69, 9.17) is 0 Å². The number of likely N-dealkylation sites (tertiary alicyclic amines) is 2. The summed E-state index contributed by atoms with van der Waals surface area (Å²) in [5.41, 5.74) is 0.332. The van der Waals surface area contributed by atoms with Crippen LogP contribution in [0.2, 0.25) is 0 Å². The molecule has 1 unspecified atom stereocenters. The molecule has 3 nitrogen and oxygen atoms in total. The van der Waals surface area contributed by atoms with Crippen molar-refractivity contribution in [3.63, 3.8) is 0 Å². The van der Waals surface area contributed by atoms with E-state index in [-0.39, 0.29) is 5.92 Å². The molecule has 0 aromatic heterocycles. The summed E-state index contributed by atoms with van der Waals surface area (Å²) in [6, 6.07) is 4.16. The number of alkyl halides is 3. The van der Waals surface area contributed by atoms with Crippen molar-refractivity contribution in [1.82, 2.24) is 9.80 Å². The normalized spacial score (nSPS) is 22.4. The molecule has 0 radical (unpaired) electrons. The smallest absolute Gasteiger partial charge is 0.342 e. The number of carbonyl (C=O) groups excluding carboxylic acids is 1. The van der Waals surface area contributed by atoms with Gasteiger partial charge in [-0.2, -0.15) is 13.2 Å². The lowest BCUT2D eigenvalue weighted by Gasteiger charge is -2.35. The zero-order chi connectivity index (χ0) is 19.6. The number of rotatable bonds is 4. The quantitative estimate of drug-likeness (QED) is 0.727. The Morgan fingerprint density at radius 1 is 1.04 bits per heavy atom. The second kappa shape index (κ2) is 8.12. The number of halogens is 5. The van der Waals surface area contributed by atoms with Gasteiger partial charge in [-0.3, -0.25) is 9.69 Å². The van der Waals surface area contributed by atoms with Gasteiger partial charge < -0.3 is 4.90 Å². The second-order valence-electron chi connectivity index (χ2n) is 7.51. The lowest BCUT2D eigenvalue weighted by Crippen LogP contribution is -2.37. The minimum absolute atomic E-state index is 0.218. The number of hydrogen-bond acceptors (Lipinski definition) is 2. The maximum atomic E-state index is 13.8. The topological polar surface area (TPSA) is 23.6 Å². The van der Waals surface area contributed by atoms with E-state index in [0.717, 1.165) is 38.4 Å². The first kappa shape index (κ1) is 20.0. The molecule has 1 amide bonds. The summed E-state index contributed by atoms with van der Waals surface area (Å²) in [4.78, 5) is 15.1. The van der Waals surface area contributed by atoms with Crippen molar-refractivity contribution in [2.75, 3.05) is 26.2 Å². The lowest BCUT2D eigenvalue weighted by atomic mass is 9.83. The van der Waals surface area contributed by atoms with Gasteiger partial charge in [0.25, 0.3) is 0 Å². The molecule has 1 aromatic rings. The third kappa shape index (κ3) is 5.18. The first-order valence-electron chi connectivity index (χ1n) is 9.22. The number of carbonyl (C=O) groups is 1. The molecule has 150 valence electrons. The Bertz CT molecular complexity index is 671. The molecule has 0 aliphatic carbocycles. The number of hydrogen-bond donors (Lipinski definition) is 0. The predicted octanol–water partition coefficient (Wildman–Crippen LogP) is 3.98. The molecule has 2 heterocycles. The van der Waals surface area contributed by atoms with Gasteiger partial charge in [-0.25, -0.2) is 8.78 Å². The molecule has 1 atom stereocenters. The average Bonchev–Trinajstić information content (AvgIpc) is 3.08. The van der Waals surface area contributed by atoms with Crippen LogP contribution < -0.4 is 0 Å². The van der Waals surface area contributed by atoms with Crippen LogP contribution in [0.3, 0.4) is 0 Å². The van der Waals surface area contributed by atoms with Gasteiger partial charge in [0.2, 0.25) is 5.91 Å². The van der Waals surface area contributed by atoms with E-state index in [1.54, 1.807) is 6.07 Å². The van der Waals surface area contributed by atoms with E-state index >= 15 is 0 Å². The Morgan fingerprint density at radius 2 is 1.70 bits per heavy atom. The van der Waals surface area contributed by atoms with Crippen molar-refractivity contribution in [3.05, 3.63) is 35.4 Å². The summed E-state index contributed by atoms with van der Waals surface area (Å²) >= 11 is 0.